The van der Waals surface area contributed by atoms with Crippen LogP contribution in [0.3, 0.4) is 0 Å². The lowest BCUT2D eigenvalue weighted by Crippen LogP contribution is -2.40. The molecule has 0 aliphatic carbocycles. The van der Waals surface area contributed by atoms with E-state index in [1.54, 1.807) is 0 Å². The number of nitrogens with one attached hydrogen (secondary N) is 3. The van der Waals surface area contributed by atoms with E-state index in [1.807, 2.05) is 13.8 Å². The van der Waals surface area contributed by atoms with Gasteiger partial charge >= 0.3 is 0 Å². The Kier molecular flexibility index (Phi) is 4.31. The maximum absolute atomic E-state index is 5.06. The highest BCUT2D eigenvalue weighted by Crippen LogP contribution is 1.85. The van der Waals surface area contributed by atoms with Gasteiger partial charge in [0.25, 0.3) is 0 Å². The predicted molar refractivity (Wildman–Crippen MR) is 59.0 cm³/mol. The van der Waals surface area contributed by atoms with Crippen molar-refractivity contribution in [2.24, 2.45) is 0 Å². The van der Waals surface area contributed by atoms with Crippen LogP contribution in [0.4, 0.5) is 0 Å². The smallest absolute Gasteiger partial charge is 0.166 e. The molecule has 0 amide bonds. The van der Waals surface area contributed by atoms with Crippen molar-refractivity contribution in [3.05, 3.63) is 12.2 Å². The van der Waals surface area contributed by atoms with Gasteiger partial charge in [-0.1, -0.05) is 0 Å². The van der Waals surface area contributed by atoms with Crippen molar-refractivity contribution < 1.29 is 0 Å². The Morgan fingerprint density at radius 3 is 3.00 bits per heavy atom. The van der Waals surface area contributed by atoms with Crippen LogP contribution >= 0.6 is 12.2 Å². The SMILES string of the molecule is CC(C)NC(=S)NCCc1ncn[nH]1. The largest absolute Gasteiger partial charge is 0.362 e. The van der Waals surface area contributed by atoms with Crippen LogP contribution in [0, 0.1) is 0 Å². The van der Waals surface area contributed by atoms with Gasteiger partial charge in [0.2, 0.25) is 0 Å². The Hall–Kier alpha value is -1.17. The molecule has 78 valence electrons. The molecule has 0 bridgehead atoms. The first-order chi connectivity index (χ1) is 6.68. The summed E-state index contributed by atoms with van der Waals surface area (Å²) in [6.07, 6.45) is 2.29. The second-order valence-corrected chi connectivity index (χ2v) is 3.65. The van der Waals surface area contributed by atoms with E-state index in [0.29, 0.717) is 11.2 Å². The number of aromatic amines is 1. The highest BCUT2D eigenvalue weighted by Gasteiger charge is 1.98. The van der Waals surface area contributed by atoms with Crippen molar-refractivity contribution in [3.63, 3.8) is 0 Å². The third-order valence-electron chi connectivity index (χ3n) is 1.53. The normalized spacial score (nSPS) is 10.2. The molecular weight excluding hydrogens is 198 g/mol. The highest BCUT2D eigenvalue weighted by molar-refractivity contribution is 7.80. The van der Waals surface area contributed by atoms with Gasteiger partial charge in [0.15, 0.2) is 5.11 Å². The van der Waals surface area contributed by atoms with Gasteiger partial charge in [0, 0.05) is 19.0 Å². The molecule has 0 atom stereocenters. The maximum atomic E-state index is 5.06. The molecule has 1 heterocycles. The van der Waals surface area contributed by atoms with Gasteiger partial charge in [0.05, 0.1) is 0 Å². The number of aromatic nitrogens is 3. The van der Waals surface area contributed by atoms with Crippen LogP contribution in [0.2, 0.25) is 0 Å². The lowest BCUT2D eigenvalue weighted by atomic mass is 10.4. The molecule has 14 heavy (non-hydrogen) atoms. The van der Waals surface area contributed by atoms with Crippen LogP contribution in [0.15, 0.2) is 6.33 Å². The molecule has 1 aromatic heterocycles. The van der Waals surface area contributed by atoms with Crippen LogP contribution < -0.4 is 10.6 Å². The van der Waals surface area contributed by atoms with E-state index in [9.17, 15) is 0 Å². The van der Waals surface area contributed by atoms with Gasteiger partial charge in [-0.3, -0.25) is 5.10 Å². The average molecular weight is 213 g/mol. The Balaban J connectivity index is 2.12. The predicted octanol–water partition coefficient (Wildman–Crippen LogP) is 0.220. The third kappa shape index (κ3) is 4.18. The molecular formula is C8H15N5S. The van der Waals surface area contributed by atoms with E-state index in [2.05, 4.69) is 25.8 Å². The van der Waals surface area contributed by atoms with Gasteiger partial charge in [0.1, 0.15) is 12.2 Å². The second kappa shape index (κ2) is 5.54. The van der Waals surface area contributed by atoms with Gasteiger partial charge in [-0.25, -0.2) is 4.98 Å². The Morgan fingerprint density at radius 2 is 2.43 bits per heavy atom. The molecule has 0 saturated heterocycles. The first-order valence-electron chi connectivity index (χ1n) is 4.57. The molecule has 0 aromatic carbocycles. The van der Waals surface area contributed by atoms with Crippen LogP contribution in [0.5, 0.6) is 0 Å². The summed E-state index contributed by atoms with van der Waals surface area (Å²) in [6, 6.07) is 0.361. The molecule has 3 N–H and O–H groups in total. The molecule has 0 aliphatic rings. The topological polar surface area (TPSA) is 65.6 Å². The monoisotopic (exact) mass is 213 g/mol. The number of hydrogen-bond acceptors (Lipinski definition) is 3. The van der Waals surface area contributed by atoms with Gasteiger partial charge < -0.3 is 10.6 Å². The Labute approximate surface area is 88.7 Å². The zero-order chi connectivity index (χ0) is 10.4. The standard InChI is InChI=1S/C8H15N5S/c1-6(2)12-8(14)9-4-3-7-10-5-11-13-7/h5-6H,3-4H2,1-2H3,(H2,9,12,14)(H,10,11,13). The molecule has 0 unspecified atom stereocenters. The minimum absolute atomic E-state index is 0.361. The summed E-state index contributed by atoms with van der Waals surface area (Å²) in [4.78, 5) is 4.00. The summed E-state index contributed by atoms with van der Waals surface area (Å²) in [6.45, 7) is 4.85. The quantitative estimate of drug-likeness (QED) is 0.624. The van der Waals surface area contributed by atoms with E-state index in [0.717, 1.165) is 18.8 Å². The van der Waals surface area contributed by atoms with E-state index in [1.165, 1.54) is 6.33 Å². The average Bonchev–Trinajstić information content (AvgIpc) is 2.55. The fraction of sp³-hybridized carbons (Fsp3) is 0.625. The zero-order valence-corrected chi connectivity index (χ0v) is 9.19. The van der Waals surface area contributed by atoms with Crippen molar-refractivity contribution in [2.45, 2.75) is 26.3 Å². The van der Waals surface area contributed by atoms with Gasteiger partial charge in [-0.15, -0.1) is 0 Å². The van der Waals surface area contributed by atoms with E-state index >= 15 is 0 Å². The fourth-order valence-electron chi connectivity index (χ4n) is 0.959. The van der Waals surface area contributed by atoms with E-state index in [4.69, 9.17) is 12.2 Å². The van der Waals surface area contributed by atoms with E-state index in [-0.39, 0.29) is 0 Å². The summed E-state index contributed by atoms with van der Waals surface area (Å²) < 4.78 is 0. The van der Waals surface area contributed by atoms with E-state index < -0.39 is 0 Å². The van der Waals surface area contributed by atoms with Crippen molar-refractivity contribution in [3.8, 4) is 0 Å². The summed E-state index contributed by atoms with van der Waals surface area (Å²) >= 11 is 5.06. The third-order valence-corrected chi connectivity index (χ3v) is 1.79. The fourth-order valence-corrected chi connectivity index (χ4v) is 1.30. The number of thiocarbonyl (C=S) groups is 1. The molecule has 5 nitrogen and oxygen atoms in total. The first kappa shape index (κ1) is 10.9. The van der Waals surface area contributed by atoms with Crippen molar-refractivity contribution in [1.29, 1.82) is 0 Å². The maximum Gasteiger partial charge on any atom is 0.166 e. The molecule has 0 radical (unpaired) electrons. The van der Waals surface area contributed by atoms with Crippen molar-refractivity contribution >= 4 is 17.3 Å². The molecule has 0 fully saturated rings. The van der Waals surface area contributed by atoms with Gasteiger partial charge in [-0.05, 0) is 26.1 Å². The molecule has 0 aliphatic heterocycles. The molecule has 0 spiro atoms. The van der Waals surface area contributed by atoms with Crippen LogP contribution in [0.25, 0.3) is 0 Å². The summed E-state index contributed by atoms with van der Waals surface area (Å²) in [5.41, 5.74) is 0. The molecule has 0 saturated carbocycles. The number of rotatable bonds is 4. The van der Waals surface area contributed by atoms with Crippen molar-refractivity contribution in [2.75, 3.05) is 6.54 Å². The van der Waals surface area contributed by atoms with Crippen LogP contribution in [-0.4, -0.2) is 32.9 Å². The molecule has 6 heteroatoms. The lowest BCUT2D eigenvalue weighted by Gasteiger charge is -2.12. The highest BCUT2D eigenvalue weighted by atomic mass is 32.1. The first-order valence-corrected chi connectivity index (χ1v) is 4.98. The zero-order valence-electron chi connectivity index (χ0n) is 8.37. The lowest BCUT2D eigenvalue weighted by molar-refractivity contribution is 0.706. The van der Waals surface area contributed by atoms with Gasteiger partial charge in [-0.2, -0.15) is 5.10 Å². The summed E-state index contributed by atoms with van der Waals surface area (Å²) in [5, 5.41) is 13.4. The molecule has 1 rings (SSSR count). The summed E-state index contributed by atoms with van der Waals surface area (Å²) in [7, 11) is 0. The minimum Gasteiger partial charge on any atom is -0.362 e. The van der Waals surface area contributed by atoms with Crippen LogP contribution in [0.1, 0.15) is 19.7 Å². The Morgan fingerprint density at radius 1 is 1.64 bits per heavy atom. The van der Waals surface area contributed by atoms with Crippen molar-refractivity contribution in [1.82, 2.24) is 25.8 Å². The number of hydrogen-bond donors (Lipinski definition) is 3. The second-order valence-electron chi connectivity index (χ2n) is 3.24. The number of nitrogens with zero attached hydrogens (tertiary/aromatic N) is 2. The number of H-pyrrole nitrogens is 1. The molecule has 1 aromatic rings. The Bertz CT molecular complexity index is 269. The summed E-state index contributed by atoms with van der Waals surface area (Å²) in [5.74, 6) is 0.866. The van der Waals surface area contributed by atoms with Crippen LogP contribution in [-0.2, 0) is 6.42 Å². The minimum atomic E-state index is 0.361.